The smallest absolute Gasteiger partial charge is 0.282 e. The summed E-state index contributed by atoms with van der Waals surface area (Å²) in [5.41, 5.74) is 1.36. The fourth-order valence-electron chi connectivity index (χ4n) is 3.14. The van der Waals surface area contributed by atoms with Crippen LogP contribution in [0.2, 0.25) is 5.02 Å². The van der Waals surface area contributed by atoms with E-state index in [1.807, 2.05) is 20.8 Å². The Bertz CT molecular complexity index is 982. The molecule has 0 saturated heterocycles. The molecule has 0 saturated carbocycles. The van der Waals surface area contributed by atoms with Crippen molar-refractivity contribution in [2.45, 2.75) is 27.2 Å². The van der Waals surface area contributed by atoms with E-state index in [1.165, 1.54) is 18.2 Å². The molecule has 0 fully saturated rings. The van der Waals surface area contributed by atoms with Crippen molar-refractivity contribution in [2.75, 3.05) is 16.8 Å². The van der Waals surface area contributed by atoms with Crippen LogP contribution in [0.3, 0.4) is 0 Å². The van der Waals surface area contributed by atoms with Crippen LogP contribution in [0.15, 0.2) is 36.4 Å². The van der Waals surface area contributed by atoms with Gasteiger partial charge in [0.25, 0.3) is 11.6 Å². The van der Waals surface area contributed by atoms with Gasteiger partial charge in [0, 0.05) is 34.4 Å². The highest BCUT2D eigenvalue weighted by Crippen LogP contribution is 2.34. The minimum atomic E-state index is -0.621. The van der Waals surface area contributed by atoms with Crippen molar-refractivity contribution in [1.29, 1.82) is 0 Å². The zero-order chi connectivity index (χ0) is 20.6. The lowest BCUT2D eigenvalue weighted by Gasteiger charge is -2.26. The maximum atomic E-state index is 12.6. The van der Waals surface area contributed by atoms with Crippen LogP contribution in [-0.4, -0.2) is 23.3 Å². The topological polar surface area (TPSA) is 92.6 Å². The van der Waals surface area contributed by atoms with Gasteiger partial charge in [0.15, 0.2) is 0 Å². The molecule has 1 aliphatic heterocycles. The Balaban J connectivity index is 1.85. The molecule has 2 amide bonds. The Labute approximate surface area is 167 Å². The Hall–Kier alpha value is -2.93. The Morgan fingerprint density at radius 1 is 1.18 bits per heavy atom. The molecule has 1 N–H and O–H groups in total. The summed E-state index contributed by atoms with van der Waals surface area (Å²) in [5.74, 6) is -0.577. The van der Waals surface area contributed by atoms with Crippen LogP contribution >= 0.6 is 11.6 Å². The minimum Gasteiger partial charge on any atom is -0.322 e. The molecule has 28 heavy (non-hydrogen) atoms. The van der Waals surface area contributed by atoms with Gasteiger partial charge in [-0.3, -0.25) is 19.7 Å². The van der Waals surface area contributed by atoms with Crippen molar-refractivity contribution in [1.82, 2.24) is 0 Å². The molecule has 2 aromatic carbocycles. The van der Waals surface area contributed by atoms with Gasteiger partial charge >= 0.3 is 0 Å². The fraction of sp³-hybridized carbons (Fsp3) is 0.300. The molecule has 1 heterocycles. The van der Waals surface area contributed by atoms with Crippen LogP contribution in [0.25, 0.3) is 0 Å². The van der Waals surface area contributed by atoms with Gasteiger partial charge in [0.1, 0.15) is 5.56 Å². The number of anilines is 2. The predicted molar refractivity (Wildman–Crippen MR) is 108 cm³/mol. The summed E-state index contributed by atoms with van der Waals surface area (Å²) in [6.07, 6.45) is 0.679. The summed E-state index contributed by atoms with van der Waals surface area (Å²) in [4.78, 5) is 37.4. The molecule has 0 aromatic heterocycles. The van der Waals surface area contributed by atoms with Gasteiger partial charge in [-0.25, -0.2) is 0 Å². The third-order valence-corrected chi connectivity index (χ3v) is 4.75. The first-order valence-electron chi connectivity index (χ1n) is 8.78. The van der Waals surface area contributed by atoms with E-state index in [-0.39, 0.29) is 22.2 Å². The zero-order valence-electron chi connectivity index (χ0n) is 15.8. The number of benzene rings is 2. The molecular weight excluding hydrogens is 382 g/mol. The molecule has 8 heteroatoms. The lowest BCUT2D eigenvalue weighted by molar-refractivity contribution is -0.385. The van der Waals surface area contributed by atoms with Gasteiger partial charge in [0.05, 0.1) is 4.92 Å². The first-order valence-corrected chi connectivity index (χ1v) is 9.16. The third-order valence-electron chi connectivity index (χ3n) is 4.52. The molecule has 0 unspecified atom stereocenters. The normalized spacial score (nSPS) is 13.2. The van der Waals surface area contributed by atoms with Crippen LogP contribution in [0.1, 0.15) is 36.7 Å². The number of nitro groups is 1. The number of carbonyl (C=O) groups is 2. The quantitative estimate of drug-likeness (QED) is 0.608. The number of nitrogens with zero attached hydrogens (tertiary/aromatic N) is 2. The van der Waals surface area contributed by atoms with E-state index in [9.17, 15) is 19.7 Å². The van der Waals surface area contributed by atoms with E-state index in [1.54, 1.807) is 23.1 Å². The Morgan fingerprint density at radius 3 is 2.54 bits per heavy atom. The second kappa shape index (κ2) is 7.24. The van der Waals surface area contributed by atoms with Crippen molar-refractivity contribution >= 4 is 40.5 Å². The van der Waals surface area contributed by atoms with Gasteiger partial charge in [-0.2, -0.15) is 0 Å². The number of rotatable bonds is 3. The first-order chi connectivity index (χ1) is 13.1. The van der Waals surface area contributed by atoms with Gasteiger partial charge in [0.2, 0.25) is 5.91 Å². The van der Waals surface area contributed by atoms with Crippen molar-refractivity contribution in [2.24, 2.45) is 5.41 Å². The summed E-state index contributed by atoms with van der Waals surface area (Å²) >= 11 is 5.89. The largest absolute Gasteiger partial charge is 0.322 e. The molecule has 0 bridgehead atoms. The van der Waals surface area contributed by atoms with E-state index in [0.717, 1.165) is 11.3 Å². The van der Waals surface area contributed by atoms with Gasteiger partial charge in [-0.05, 0) is 42.3 Å². The SMILES string of the molecule is CC(C)(C)C(=O)N1CCc2cc(NC(=O)c3cc(Cl)ccc3[N+](=O)[O-])ccc21. The molecule has 0 radical (unpaired) electrons. The van der Waals surface area contributed by atoms with Crippen LogP contribution in [-0.2, 0) is 11.2 Å². The van der Waals surface area contributed by atoms with E-state index in [4.69, 9.17) is 11.6 Å². The summed E-state index contributed by atoms with van der Waals surface area (Å²) in [6.45, 7) is 6.21. The number of fused-ring (bicyclic) bond motifs is 1. The predicted octanol–water partition coefficient (Wildman–Crippen LogP) is 4.44. The van der Waals surface area contributed by atoms with Crippen molar-refractivity contribution in [3.8, 4) is 0 Å². The molecule has 0 spiro atoms. The number of nitrogens with one attached hydrogen (secondary N) is 1. The number of hydrogen-bond acceptors (Lipinski definition) is 4. The number of halogens is 1. The zero-order valence-corrected chi connectivity index (χ0v) is 16.5. The van der Waals surface area contributed by atoms with Crippen molar-refractivity contribution < 1.29 is 14.5 Å². The Kier molecular flexibility index (Phi) is 5.12. The molecule has 146 valence electrons. The highest BCUT2D eigenvalue weighted by Gasteiger charge is 2.32. The monoisotopic (exact) mass is 401 g/mol. The molecule has 7 nitrogen and oxygen atoms in total. The molecule has 3 rings (SSSR count). The second-order valence-electron chi connectivity index (χ2n) is 7.67. The maximum Gasteiger partial charge on any atom is 0.282 e. The molecule has 1 aliphatic rings. The van der Waals surface area contributed by atoms with Crippen molar-refractivity contribution in [3.63, 3.8) is 0 Å². The van der Waals surface area contributed by atoms with Crippen LogP contribution in [0, 0.1) is 15.5 Å². The van der Waals surface area contributed by atoms with E-state index < -0.39 is 16.2 Å². The second-order valence-corrected chi connectivity index (χ2v) is 8.11. The lowest BCUT2D eigenvalue weighted by Crippen LogP contribution is -2.38. The molecular formula is C20H20ClN3O4. The number of nitro benzene ring substituents is 1. The first kappa shape index (κ1) is 19.8. The van der Waals surface area contributed by atoms with Crippen LogP contribution < -0.4 is 10.2 Å². The average molecular weight is 402 g/mol. The fourth-order valence-corrected chi connectivity index (χ4v) is 3.32. The van der Waals surface area contributed by atoms with Crippen LogP contribution in [0.5, 0.6) is 0 Å². The Morgan fingerprint density at radius 2 is 1.89 bits per heavy atom. The minimum absolute atomic E-state index is 0.0394. The van der Waals surface area contributed by atoms with E-state index in [2.05, 4.69) is 5.32 Å². The van der Waals surface area contributed by atoms with E-state index >= 15 is 0 Å². The summed E-state index contributed by atoms with van der Waals surface area (Å²) < 4.78 is 0. The van der Waals surface area contributed by atoms with Gasteiger partial charge < -0.3 is 10.2 Å². The summed E-state index contributed by atoms with van der Waals surface area (Å²) in [6, 6.07) is 9.10. The van der Waals surface area contributed by atoms with Crippen LogP contribution in [0.4, 0.5) is 17.1 Å². The average Bonchev–Trinajstić information content (AvgIpc) is 3.02. The summed E-state index contributed by atoms with van der Waals surface area (Å²) in [5, 5.41) is 14.1. The number of carbonyl (C=O) groups excluding carboxylic acids is 2. The van der Waals surface area contributed by atoms with Gasteiger partial charge in [-0.15, -0.1) is 0 Å². The third kappa shape index (κ3) is 3.84. The number of hydrogen-bond donors (Lipinski definition) is 1. The number of amides is 2. The molecule has 0 aliphatic carbocycles. The van der Waals surface area contributed by atoms with Gasteiger partial charge in [-0.1, -0.05) is 32.4 Å². The highest BCUT2D eigenvalue weighted by molar-refractivity contribution is 6.31. The molecule has 0 atom stereocenters. The lowest BCUT2D eigenvalue weighted by atomic mass is 9.94. The standard InChI is InChI=1S/C20H20ClN3O4/c1-20(2,3)19(26)23-9-8-12-10-14(5-7-16(12)23)22-18(25)15-11-13(21)4-6-17(15)24(27)28/h4-7,10-11H,8-9H2,1-3H3,(H,22,25). The van der Waals surface area contributed by atoms with E-state index in [0.29, 0.717) is 18.7 Å². The summed E-state index contributed by atoms with van der Waals surface area (Å²) in [7, 11) is 0. The highest BCUT2D eigenvalue weighted by atomic mass is 35.5. The molecule has 2 aromatic rings. The van der Waals surface area contributed by atoms with Crippen molar-refractivity contribution in [3.05, 3.63) is 62.7 Å². The maximum absolute atomic E-state index is 12.6.